The number of rotatable bonds is 6. The molecule has 102 valence electrons. The van der Waals surface area contributed by atoms with Crippen LogP contribution in [0.1, 0.15) is 25.5 Å². The van der Waals surface area contributed by atoms with E-state index in [0.717, 1.165) is 12.1 Å². The van der Waals surface area contributed by atoms with E-state index < -0.39 is 23.8 Å². The van der Waals surface area contributed by atoms with Crippen molar-refractivity contribution in [1.29, 1.82) is 0 Å². The van der Waals surface area contributed by atoms with Crippen LogP contribution in [0.4, 0.5) is 8.78 Å². The quantitative estimate of drug-likeness (QED) is 0.727. The summed E-state index contributed by atoms with van der Waals surface area (Å²) < 4.78 is 25.7. The Morgan fingerprint density at radius 2 is 1.78 bits per heavy atom. The summed E-state index contributed by atoms with van der Waals surface area (Å²) in [5.41, 5.74) is 0.306. The first-order valence-corrected chi connectivity index (χ1v) is 5.93. The Labute approximate surface area is 105 Å². The van der Waals surface area contributed by atoms with Crippen LogP contribution in [0.5, 0.6) is 0 Å². The van der Waals surface area contributed by atoms with Crippen molar-refractivity contribution in [2.75, 3.05) is 13.1 Å². The third-order valence-electron chi connectivity index (χ3n) is 2.79. The number of halogens is 2. The fraction of sp³-hybridized carbons (Fsp3) is 0.538. The molecule has 0 aliphatic heterocycles. The van der Waals surface area contributed by atoms with E-state index in [0.29, 0.717) is 12.1 Å². The van der Waals surface area contributed by atoms with E-state index in [4.69, 9.17) is 0 Å². The summed E-state index contributed by atoms with van der Waals surface area (Å²) in [7, 11) is 0. The zero-order chi connectivity index (χ0) is 13.7. The van der Waals surface area contributed by atoms with Gasteiger partial charge in [-0.15, -0.1) is 0 Å². The highest BCUT2D eigenvalue weighted by atomic mass is 19.2. The molecule has 2 atom stereocenters. The van der Waals surface area contributed by atoms with Crippen LogP contribution in [-0.4, -0.2) is 29.4 Å². The second-order valence-electron chi connectivity index (χ2n) is 4.66. The molecule has 0 aliphatic rings. The number of hydrogen-bond acceptors (Lipinski definition) is 3. The van der Waals surface area contributed by atoms with Gasteiger partial charge in [0.05, 0.1) is 12.2 Å². The lowest BCUT2D eigenvalue weighted by atomic mass is 10.1. The molecule has 0 amide bonds. The summed E-state index contributed by atoms with van der Waals surface area (Å²) in [4.78, 5) is 0. The third kappa shape index (κ3) is 4.33. The van der Waals surface area contributed by atoms with E-state index in [9.17, 15) is 19.0 Å². The Balaban J connectivity index is 2.45. The van der Waals surface area contributed by atoms with Crippen LogP contribution in [0.2, 0.25) is 0 Å². The molecule has 18 heavy (non-hydrogen) atoms. The predicted octanol–water partition coefficient (Wildman–Crippen LogP) is 1.60. The zero-order valence-corrected chi connectivity index (χ0v) is 10.5. The highest BCUT2D eigenvalue weighted by Gasteiger charge is 2.12. The third-order valence-corrected chi connectivity index (χ3v) is 2.79. The van der Waals surface area contributed by atoms with Crippen LogP contribution in [0.15, 0.2) is 18.2 Å². The van der Waals surface area contributed by atoms with Crippen molar-refractivity contribution in [2.24, 2.45) is 5.92 Å². The fourth-order valence-corrected chi connectivity index (χ4v) is 1.44. The SMILES string of the molecule is CC(C)C(O)CNCC(O)c1ccc(F)c(F)c1. The number of aliphatic hydroxyl groups excluding tert-OH is 2. The second-order valence-corrected chi connectivity index (χ2v) is 4.66. The largest absolute Gasteiger partial charge is 0.392 e. The smallest absolute Gasteiger partial charge is 0.159 e. The Kier molecular flexibility index (Phi) is 5.65. The maximum atomic E-state index is 12.9. The lowest BCUT2D eigenvalue weighted by molar-refractivity contribution is 0.113. The molecule has 2 unspecified atom stereocenters. The molecule has 0 heterocycles. The Morgan fingerprint density at radius 3 is 2.33 bits per heavy atom. The molecule has 0 fully saturated rings. The lowest BCUT2D eigenvalue weighted by Crippen LogP contribution is -2.33. The van der Waals surface area contributed by atoms with E-state index in [1.807, 2.05) is 13.8 Å². The normalized spacial score (nSPS) is 14.8. The van der Waals surface area contributed by atoms with E-state index in [1.165, 1.54) is 6.07 Å². The van der Waals surface area contributed by atoms with Gasteiger partial charge in [-0.05, 0) is 23.6 Å². The number of aliphatic hydroxyl groups is 2. The highest BCUT2D eigenvalue weighted by molar-refractivity contribution is 5.20. The summed E-state index contributed by atoms with van der Waals surface area (Å²) in [5, 5.41) is 22.2. The molecule has 5 heteroatoms. The van der Waals surface area contributed by atoms with E-state index in [-0.39, 0.29) is 12.5 Å². The van der Waals surface area contributed by atoms with Gasteiger partial charge in [0.2, 0.25) is 0 Å². The van der Waals surface area contributed by atoms with Gasteiger partial charge in [0.15, 0.2) is 11.6 Å². The summed E-state index contributed by atoms with van der Waals surface area (Å²) >= 11 is 0. The number of nitrogens with one attached hydrogen (secondary N) is 1. The molecule has 0 saturated carbocycles. The minimum absolute atomic E-state index is 0.123. The van der Waals surface area contributed by atoms with Crippen LogP contribution in [-0.2, 0) is 0 Å². The van der Waals surface area contributed by atoms with Gasteiger partial charge in [-0.25, -0.2) is 8.78 Å². The lowest BCUT2D eigenvalue weighted by Gasteiger charge is -2.17. The van der Waals surface area contributed by atoms with Crippen molar-refractivity contribution >= 4 is 0 Å². The Morgan fingerprint density at radius 1 is 1.11 bits per heavy atom. The number of benzene rings is 1. The van der Waals surface area contributed by atoms with Gasteiger partial charge < -0.3 is 15.5 Å². The van der Waals surface area contributed by atoms with Crippen molar-refractivity contribution in [1.82, 2.24) is 5.32 Å². The maximum Gasteiger partial charge on any atom is 0.159 e. The molecule has 0 bridgehead atoms. The Bertz CT molecular complexity index is 385. The van der Waals surface area contributed by atoms with Crippen molar-refractivity contribution in [3.63, 3.8) is 0 Å². The minimum Gasteiger partial charge on any atom is -0.392 e. The molecule has 0 aromatic heterocycles. The number of hydrogen-bond donors (Lipinski definition) is 3. The average Bonchev–Trinajstić information content (AvgIpc) is 2.32. The minimum atomic E-state index is -0.978. The molecule has 0 aliphatic carbocycles. The van der Waals surface area contributed by atoms with Gasteiger partial charge in [0.25, 0.3) is 0 Å². The van der Waals surface area contributed by atoms with Crippen LogP contribution in [0.25, 0.3) is 0 Å². The van der Waals surface area contributed by atoms with Crippen LogP contribution < -0.4 is 5.32 Å². The van der Waals surface area contributed by atoms with Gasteiger partial charge >= 0.3 is 0 Å². The van der Waals surface area contributed by atoms with Gasteiger partial charge in [0, 0.05) is 13.1 Å². The molecule has 0 spiro atoms. The van der Waals surface area contributed by atoms with Gasteiger partial charge in [-0.3, -0.25) is 0 Å². The van der Waals surface area contributed by atoms with E-state index in [1.54, 1.807) is 0 Å². The summed E-state index contributed by atoms with van der Waals surface area (Å²) in [5.74, 6) is -1.79. The average molecular weight is 259 g/mol. The first-order chi connectivity index (χ1) is 8.41. The molecule has 3 N–H and O–H groups in total. The monoisotopic (exact) mass is 259 g/mol. The molecule has 1 aromatic rings. The standard InChI is InChI=1S/C13H19F2NO2/c1-8(2)12(17)6-16-7-13(18)9-3-4-10(14)11(15)5-9/h3-5,8,12-13,16-18H,6-7H2,1-2H3. The fourth-order valence-electron chi connectivity index (χ4n) is 1.44. The van der Waals surface area contributed by atoms with Crippen LogP contribution in [0.3, 0.4) is 0 Å². The molecule has 3 nitrogen and oxygen atoms in total. The Hall–Kier alpha value is -1.04. The molecule has 1 aromatic carbocycles. The van der Waals surface area contributed by atoms with Crippen LogP contribution >= 0.6 is 0 Å². The molecule has 0 radical (unpaired) electrons. The molecule has 0 saturated heterocycles. The highest BCUT2D eigenvalue weighted by Crippen LogP contribution is 2.15. The predicted molar refractivity (Wildman–Crippen MR) is 65.0 cm³/mol. The van der Waals surface area contributed by atoms with Crippen LogP contribution in [0, 0.1) is 17.6 Å². The van der Waals surface area contributed by atoms with E-state index in [2.05, 4.69) is 5.32 Å². The van der Waals surface area contributed by atoms with Crippen molar-refractivity contribution < 1.29 is 19.0 Å². The summed E-state index contributed by atoms with van der Waals surface area (Å²) in [6, 6.07) is 3.29. The topological polar surface area (TPSA) is 52.5 Å². The molecular weight excluding hydrogens is 240 g/mol. The first kappa shape index (κ1) is 15.0. The molecular formula is C13H19F2NO2. The second kappa shape index (κ2) is 6.78. The van der Waals surface area contributed by atoms with Gasteiger partial charge in [0.1, 0.15) is 0 Å². The van der Waals surface area contributed by atoms with Gasteiger partial charge in [-0.1, -0.05) is 19.9 Å². The summed E-state index contributed by atoms with van der Waals surface area (Å²) in [6.45, 7) is 4.30. The summed E-state index contributed by atoms with van der Waals surface area (Å²) in [6.07, 6.45) is -1.43. The first-order valence-electron chi connectivity index (χ1n) is 5.93. The van der Waals surface area contributed by atoms with Crippen molar-refractivity contribution in [3.8, 4) is 0 Å². The van der Waals surface area contributed by atoms with Gasteiger partial charge in [-0.2, -0.15) is 0 Å². The zero-order valence-electron chi connectivity index (χ0n) is 10.5. The van der Waals surface area contributed by atoms with E-state index >= 15 is 0 Å². The van der Waals surface area contributed by atoms with Crippen molar-refractivity contribution in [2.45, 2.75) is 26.1 Å². The van der Waals surface area contributed by atoms with Crippen molar-refractivity contribution in [3.05, 3.63) is 35.4 Å². The molecule has 1 rings (SSSR count). The maximum absolute atomic E-state index is 12.9.